The van der Waals surface area contributed by atoms with Gasteiger partial charge < -0.3 is 20.1 Å². The van der Waals surface area contributed by atoms with Crippen molar-refractivity contribution in [1.82, 2.24) is 5.32 Å². The van der Waals surface area contributed by atoms with Gasteiger partial charge in [-0.1, -0.05) is 11.6 Å². The Morgan fingerprint density at radius 1 is 1.32 bits per heavy atom. The number of ether oxygens (including phenoxy) is 2. The van der Waals surface area contributed by atoms with E-state index in [0.717, 1.165) is 0 Å². The second-order valence-electron chi connectivity index (χ2n) is 3.93. The van der Waals surface area contributed by atoms with Gasteiger partial charge in [0.25, 0.3) is 0 Å². The van der Waals surface area contributed by atoms with E-state index in [1.807, 2.05) is 0 Å². The number of benzene rings is 1. The fraction of sp³-hybridized carbons (Fsp3) is 0.333. The molecule has 6 nitrogen and oxygen atoms in total. The molecule has 2 amide bonds. The highest BCUT2D eigenvalue weighted by Crippen LogP contribution is 2.27. The quantitative estimate of drug-likeness (QED) is 0.808. The fourth-order valence-corrected chi connectivity index (χ4v) is 1.48. The van der Waals surface area contributed by atoms with E-state index in [1.54, 1.807) is 5.32 Å². The molecule has 122 valence electrons. The van der Waals surface area contributed by atoms with Crippen molar-refractivity contribution < 1.29 is 32.2 Å². The maximum absolute atomic E-state index is 11.9. The zero-order chi connectivity index (χ0) is 16.8. The van der Waals surface area contributed by atoms with E-state index < -0.39 is 24.7 Å². The van der Waals surface area contributed by atoms with Crippen molar-refractivity contribution >= 4 is 29.3 Å². The van der Waals surface area contributed by atoms with Crippen molar-refractivity contribution in [2.24, 2.45) is 0 Å². The molecule has 1 aromatic rings. The van der Waals surface area contributed by atoms with Gasteiger partial charge in [-0.05, 0) is 18.2 Å². The SMILES string of the molecule is COC(=O)COc1ccc(NC(=O)NCC(F)(F)F)cc1Cl. The average Bonchev–Trinajstić information content (AvgIpc) is 2.43. The van der Waals surface area contributed by atoms with Gasteiger partial charge in [-0.15, -0.1) is 0 Å². The number of carbonyl (C=O) groups is 2. The van der Waals surface area contributed by atoms with E-state index in [1.165, 1.54) is 25.3 Å². The van der Waals surface area contributed by atoms with Crippen LogP contribution in [-0.4, -0.2) is 38.4 Å². The lowest BCUT2D eigenvalue weighted by molar-refractivity contribution is -0.142. The molecule has 0 unspecified atom stereocenters. The molecule has 0 spiro atoms. The molecule has 0 saturated heterocycles. The van der Waals surface area contributed by atoms with Gasteiger partial charge in [-0.2, -0.15) is 13.2 Å². The van der Waals surface area contributed by atoms with Crippen LogP contribution in [0.2, 0.25) is 5.02 Å². The van der Waals surface area contributed by atoms with Crippen LogP contribution in [0.25, 0.3) is 0 Å². The standard InChI is InChI=1S/C12H12ClF3N2O4/c1-21-10(19)5-22-9-3-2-7(4-8(9)13)18-11(20)17-6-12(14,15)16/h2-4H,5-6H2,1H3,(H2,17,18,20). The van der Waals surface area contributed by atoms with Crippen LogP contribution in [0.4, 0.5) is 23.7 Å². The van der Waals surface area contributed by atoms with Crippen molar-refractivity contribution in [3.8, 4) is 5.75 Å². The predicted octanol–water partition coefficient (Wildman–Crippen LogP) is 2.58. The topological polar surface area (TPSA) is 76.7 Å². The summed E-state index contributed by atoms with van der Waals surface area (Å²) in [5.74, 6) is -0.446. The number of carbonyl (C=O) groups excluding carboxylic acids is 2. The molecule has 0 fully saturated rings. The van der Waals surface area contributed by atoms with Gasteiger partial charge in [-0.25, -0.2) is 9.59 Å². The van der Waals surface area contributed by atoms with Gasteiger partial charge in [0.05, 0.1) is 12.1 Å². The Balaban J connectivity index is 2.58. The number of urea groups is 1. The highest BCUT2D eigenvalue weighted by molar-refractivity contribution is 6.32. The monoisotopic (exact) mass is 340 g/mol. The summed E-state index contributed by atoms with van der Waals surface area (Å²) in [5, 5.41) is 3.89. The van der Waals surface area contributed by atoms with Crippen molar-refractivity contribution in [1.29, 1.82) is 0 Å². The van der Waals surface area contributed by atoms with Gasteiger partial charge in [0.1, 0.15) is 12.3 Å². The molecule has 1 aromatic carbocycles. The minimum atomic E-state index is -4.50. The van der Waals surface area contributed by atoms with Crippen LogP contribution in [-0.2, 0) is 9.53 Å². The Hall–Kier alpha value is -2.16. The predicted molar refractivity (Wildman–Crippen MR) is 72.0 cm³/mol. The molecule has 10 heteroatoms. The molecule has 0 heterocycles. The molecular formula is C12H12ClF3N2O4. The van der Waals surface area contributed by atoms with Crippen LogP contribution in [0.5, 0.6) is 5.75 Å². The molecule has 0 radical (unpaired) electrons. The van der Waals surface area contributed by atoms with Gasteiger partial charge >= 0.3 is 18.2 Å². The number of alkyl halides is 3. The van der Waals surface area contributed by atoms with E-state index in [9.17, 15) is 22.8 Å². The number of rotatable bonds is 5. The number of anilines is 1. The van der Waals surface area contributed by atoms with Gasteiger partial charge in [0.15, 0.2) is 6.61 Å². The third-order valence-corrected chi connectivity index (χ3v) is 2.51. The van der Waals surface area contributed by atoms with Gasteiger partial charge in [0.2, 0.25) is 0 Å². The Bertz CT molecular complexity index is 552. The number of hydrogen-bond acceptors (Lipinski definition) is 4. The highest BCUT2D eigenvalue weighted by Gasteiger charge is 2.27. The molecule has 0 aromatic heterocycles. The van der Waals surface area contributed by atoms with Crippen molar-refractivity contribution in [3.05, 3.63) is 23.2 Å². The molecule has 0 aliphatic carbocycles. The first kappa shape index (κ1) is 17.9. The van der Waals surface area contributed by atoms with Crippen molar-refractivity contribution in [2.75, 3.05) is 25.6 Å². The number of hydrogen-bond donors (Lipinski definition) is 2. The molecule has 0 aliphatic heterocycles. The third kappa shape index (κ3) is 6.53. The van der Waals surface area contributed by atoms with Crippen LogP contribution in [0.3, 0.4) is 0 Å². The molecule has 0 bridgehead atoms. The second kappa shape index (κ2) is 7.74. The van der Waals surface area contributed by atoms with Crippen LogP contribution in [0, 0.1) is 0 Å². The maximum atomic E-state index is 11.9. The first-order chi connectivity index (χ1) is 10.2. The summed E-state index contributed by atoms with van der Waals surface area (Å²) in [4.78, 5) is 22.2. The zero-order valence-corrected chi connectivity index (χ0v) is 12.0. The van der Waals surface area contributed by atoms with Crippen LogP contribution >= 0.6 is 11.6 Å². The first-order valence-corrected chi connectivity index (χ1v) is 6.20. The van der Waals surface area contributed by atoms with E-state index in [2.05, 4.69) is 10.1 Å². The molecule has 1 rings (SSSR count). The number of methoxy groups -OCH3 is 1. The van der Waals surface area contributed by atoms with Gasteiger partial charge in [0, 0.05) is 5.69 Å². The number of halogens is 4. The average molecular weight is 341 g/mol. The maximum Gasteiger partial charge on any atom is 0.405 e. The molecule has 22 heavy (non-hydrogen) atoms. The fourth-order valence-electron chi connectivity index (χ4n) is 1.25. The van der Waals surface area contributed by atoms with Crippen LogP contribution in [0.15, 0.2) is 18.2 Å². The Labute approximate surface area is 128 Å². The summed E-state index contributed by atoms with van der Waals surface area (Å²) in [6.07, 6.45) is -4.50. The van der Waals surface area contributed by atoms with E-state index >= 15 is 0 Å². The molecule has 0 aliphatic rings. The zero-order valence-electron chi connectivity index (χ0n) is 11.3. The van der Waals surface area contributed by atoms with Crippen molar-refractivity contribution in [2.45, 2.75) is 6.18 Å². The normalized spacial score (nSPS) is 10.8. The second-order valence-corrected chi connectivity index (χ2v) is 4.34. The first-order valence-electron chi connectivity index (χ1n) is 5.82. The highest BCUT2D eigenvalue weighted by atomic mass is 35.5. The number of amides is 2. The molecule has 0 atom stereocenters. The molecule has 2 N–H and O–H groups in total. The van der Waals surface area contributed by atoms with Crippen LogP contribution in [0.1, 0.15) is 0 Å². The van der Waals surface area contributed by atoms with E-state index in [0.29, 0.717) is 0 Å². The third-order valence-electron chi connectivity index (χ3n) is 2.21. The summed E-state index contributed by atoms with van der Waals surface area (Å²) in [6.45, 7) is -1.80. The largest absolute Gasteiger partial charge is 0.480 e. The van der Waals surface area contributed by atoms with E-state index in [4.69, 9.17) is 16.3 Å². The summed E-state index contributed by atoms with van der Waals surface area (Å²) in [5.41, 5.74) is 0.162. The smallest absolute Gasteiger partial charge is 0.405 e. The summed E-state index contributed by atoms with van der Waals surface area (Å²) < 4.78 is 45.2. The summed E-state index contributed by atoms with van der Waals surface area (Å²) >= 11 is 5.86. The van der Waals surface area contributed by atoms with Crippen LogP contribution < -0.4 is 15.4 Å². The minimum absolute atomic E-state index is 0.0672. The van der Waals surface area contributed by atoms with Gasteiger partial charge in [-0.3, -0.25) is 0 Å². The minimum Gasteiger partial charge on any atom is -0.480 e. The Morgan fingerprint density at radius 3 is 2.55 bits per heavy atom. The Morgan fingerprint density at radius 2 is 2.00 bits per heavy atom. The lowest BCUT2D eigenvalue weighted by Crippen LogP contribution is -2.36. The molecular weight excluding hydrogens is 329 g/mol. The lowest BCUT2D eigenvalue weighted by Gasteiger charge is -2.11. The lowest BCUT2D eigenvalue weighted by atomic mass is 10.3. The summed E-state index contributed by atoms with van der Waals surface area (Å²) in [7, 11) is 1.19. The Kier molecular flexibility index (Phi) is 6.29. The van der Waals surface area contributed by atoms with E-state index in [-0.39, 0.29) is 23.1 Å². The van der Waals surface area contributed by atoms with Crippen molar-refractivity contribution in [3.63, 3.8) is 0 Å². The molecule has 0 saturated carbocycles. The number of esters is 1. The number of nitrogens with one attached hydrogen (secondary N) is 2. The summed E-state index contributed by atoms with van der Waals surface area (Å²) in [6, 6.07) is 2.94.